The van der Waals surface area contributed by atoms with Gasteiger partial charge in [-0.15, -0.1) is 12.4 Å². The molecule has 0 radical (unpaired) electrons. The van der Waals surface area contributed by atoms with Crippen molar-refractivity contribution in [3.8, 4) is 0 Å². The van der Waals surface area contributed by atoms with E-state index in [0.717, 1.165) is 5.55 Å². The summed E-state index contributed by atoms with van der Waals surface area (Å²) >= 11 is 4.08. The molecule has 0 unspecified atom stereocenters. The summed E-state index contributed by atoms with van der Waals surface area (Å²) < 4.78 is 3.87. The molecule has 3 nitrogen and oxygen atoms in total. The molecule has 7 heavy (non-hydrogen) atoms. The quantitative estimate of drug-likeness (QED) is 0.540. The van der Waals surface area contributed by atoms with Gasteiger partial charge in [0.2, 0.25) is 0 Å². The van der Waals surface area contributed by atoms with Crippen LogP contribution in [-0.2, 0) is 4.74 Å². The van der Waals surface area contributed by atoms with Gasteiger partial charge in [0.15, 0.2) is 5.55 Å². The molecule has 2 N–H and O–H groups in total. The Hall–Kier alpha value is -0.350. The number of ether oxygens (including phenoxy) is 1. The lowest BCUT2D eigenvalue weighted by molar-refractivity contribution is 0.211. The topological polar surface area (TPSA) is 52.3 Å². The lowest BCUT2D eigenvalue weighted by Crippen LogP contribution is -2.10. The molecule has 0 atom stereocenters. The van der Waals surface area contributed by atoms with Crippen molar-refractivity contribution in [3.63, 3.8) is 0 Å². The van der Waals surface area contributed by atoms with Crippen LogP contribution in [0.3, 0.4) is 0 Å². The van der Waals surface area contributed by atoms with Gasteiger partial charge >= 0.3 is 6.09 Å². The van der Waals surface area contributed by atoms with Crippen LogP contribution in [0.4, 0.5) is 4.79 Å². The van der Waals surface area contributed by atoms with Crippen LogP contribution in [0.25, 0.3) is 0 Å². The van der Waals surface area contributed by atoms with Gasteiger partial charge in [-0.05, 0) is 12.2 Å². The minimum Gasteiger partial charge on any atom is -0.407 e. The number of halogens is 1. The van der Waals surface area contributed by atoms with Gasteiger partial charge in [-0.1, -0.05) is 0 Å². The number of rotatable bonds is 1. The molecule has 0 rings (SSSR count). The van der Waals surface area contributed by atoms with Crippen LogP contribution in [0.15, 0.2) is 0 Å². The molecule has 0 aliphatic heterocycles. The molecule has 0 heterocycles. The number of primary amides is 1. The van der Waals surface area contributed by atoms with E-state index < -0.39 is 6.09 Å². The van der Waals surface area contributed by atoms with Crippen LogP contribution < -0.4 is 5.73 Å². The van der Waals surface area contributed by atoms with Crippen LogP contribution in [0.2, 0.25) is 0 Å². The maximum absolute atomic E-state index is 9.50. The fraction of sp³-hybridized carbons (Fsp3) is 0. The fourth-order valence-electron chi connectivity index (χ4n) is 0.0474. The molecule has 0 aromatic rings. The third kappa shape index (κ3) is 10.7. The van der Waals surface area contributed by atoms with E-state index in [2.05, 4.69) is 22.7 Å². The Balaban J connectivity index is 0. The molecular weight excluding hydrogens is 138 g/mol. The maximum Gasteiger partial charge on any atom is 0.410 e. The smallest absolute Gasteiger partial charge is 0.407 e. The van der Waals surface area contributed by atoms with Crippen LogP contribution in [0.5, 0.6) is 0 Å². The number of carbonyl (C=O) groups excluding carboxylic acids is 1. The van der Waals surface area contributed by atoms with Gasteiger partial charge in [0.1, 0.15) is 0 Å². The Kier molecular flexibility index (Phi) is 7.92. The first-order valence-corrected chi connectivity index (χ1v) is 1.64. The molecule has 42 valence electrons. The van der Waals surface area contributed by atoms with E-state index in [0.29, 0.717) is 0 Å². The van der Waals surface area contributed by atoms with Gasteiger partial charge in [-0.2, -0.15) is 0 Å². The summed E-state index contributed by atoms with van der Waals surface area (Å²) in [7, 11) is 0. The van der Waals surface area contributed by atoms with E-state index in [1.807, 2.05) is 0 Å². The summed E-state index contributed by atoms with van der Waals surface area (Å²) in [5.74, 6) is 0. The number of thiocarbonyl (C=S) groups is 1. The average Bonchev–Trinajstić information content (AvgIpc) is 1.35. The predicted molar refractivity (Wildman–Crippen MR) is 31.6 cm³/mol. The Morgan fingerprint density at radius 2 is 2.29 bits per heavy atom. The van der Waals surface area contributed by atoms with Gasteiger partial charge in [0.05, 0.1) is 0 Å². The van der Waals surface area contributed by atoms with Crippen molar-refractivity contribution >= 4 is 36.3 Å². The van der Waals surface area contributed by atoms with Crippen LogP contribution in [0.1, 0.15) is 0 Å². The Labute approximate surface area is 52.2 Å². The van der Waals surface area contributed by atoms with Crippen molar-refractivity contribution < 1.29 is 9.53 Å². The van der Waals surface area contributed by atoms with E-state index in [1.165, 1.54) is 0 Å². The molecule has 0 aromatic heterocycles. The maximum atomic E-state index is 9.50. The summed E-state index contributed by atoms with van der Waals surface area (Å²) in [6.45, 7) is 0. The summed E-state index contributed by atoms with van der Waals surface area (Å²) in [6, 6.07) is 0. The number of hydrogen-bond donors (Lipinski definition) is 1. The first kappa shape index (κ1) is 9.82. The predicted octanol–water partition coefficient (Wildman–Crippen LogP) is 0.461. The van der Waals surface area contributed by atoms with E-state index in [-0.39, 0.29) is 12.4 Å². The van der Waals surface area contributed by atoms with Crippen LogP contribution in [-0.4, -0.2) is 11.6 Å². The SMILES string of the molecule is Cl.NC(=O)OC=S. The molecule has 0 aliphatic carbocycles. The van der Waals surface area contributed by atoms with Gasteiger partial charge in [-0.25, -0.2) is 4.79 Å². The van der Waals surface area contributed by atoms with Gasteiger partial charge in [0.25, 0.3) is 0 Å². The van der Waals surface area contributed by atoms with Crippen LogP contribution >= 0.6 is 24.6 Å². The Morgan fingerprint density at radius 3 is 2.29 bits per heavy atom. The van der Waals surface area contributed by atoms with E-state index in [4.69, 9.17) is 0 Å². The molecular formula is C2H4ClNO2S. The largest absolute Gasteiger partial charge is 0.410 e. The van der Waals surface area contributed by atoms with Crippen molar-refractivity contribution in [2.24, 2.45) is 5.73 Å². The van der Waals surface area contributed by atoms with Crippen molar-refractivity contribution in [3.05, 3.63) is 0 Å². The van der Waals surface area contributed by atoms with E-state index in [9.17, 15) is 4.79 Å². The highest BCUT2D eigenvalue weighted by Crippen LogP contribution is 1.61. The van der Waals surface area contributed by atoms with Gasteiger partial charge < -0.3 is 10.5 Å². The summed E-state index contributed by atoms with van der Waals surface area (Å²) in [5, 5.41) is 0. The zero-order valence-corrected chi connectivity index (χ0v) is 4.92. The van der Waals surface area contributed by atoms with Crippen molar-refractivity contribution in [1.29, 1.82) is 0 Å². The zero-order valence-electron chi connectivity index (χ0n) is 3.29. The van der Waals surface area contributed by atoms with Crippen LogP contribution in [0, 0.1) is 0 Å². The second-order valence-corrected chi connectivity index (χ2v) is 0.726. The van der Waals surface area contributed by atoms with E-state index in [1.54, 1.807) is 0 Å². The molecule has 0 aliphatic rings. The first-order valence-electron chi connectivity index (χ1n) is 1.17. The van der Waals surface area contributed by atoms with E-state index >= 15 is 0 Å². The minimum absolute atomic E-state index is 0. The van der Waals surface area contributed by atoms with Gasteiger partial charge in [-0.3, -0.25) is 0 Å². The molecule has 1 amide bonds. The number of hydrogen-bond acceptors (Lipinski definition) is 3. The molecule has 0 spiro atoms. The van der Waals surface area contributed by atoms with Crippen molar-refractivity contribution in [2.45, 2.75) is 0 Å². The highest BCUT2D eigenvalue weighted by molar-refractivity contribution is 7.78. The monoisotopic (exact) mass is 141 g/mol. The van der Waals surface area contributed by atoms with Crippen molar-refractivity contribution in [1.82, 2.24) is 0 Å². The molecule has 0 fully saturated rings. The zero-order chi connectivity index (χ0) is 4.99. The lowest BCUT2D eigenvalue weighted by atomic mass is 11.2. The second kappa shape index (κ2) is 5.65. The summed E-state index contributed by atoms with van der Waals surface area (Å²) in [4.78, 5) is 9.50. The normalized spacial score (nSPS) is 5.71. The lowest BCUT2D eigenvalue weighted by Gasteiger charge is -1.81. The summed E-state index contributed by atoms with van der Waals surface area (Å²) in [6.07, 6.45) is -0.870. The number of nitrogens with two attached hydrogens (primary N) is 1. The molecule has 0 bridgehead atoms. The second-order valence-electron chi connectivity index (χ2n) is 0.533. The number of carbonyl (C=O) groups is 1. The Morgan fingerprint density at radius 1 is 1.86 bits per heavy atom. The highest BCUT2D eigenvalue weighted by Gasteiger charge is 1.80. The standard InChI is InChI=1S/C2H3NO2S.ClH/c3-2(4)5-1-6;/h1H,(H2,3,4);1H. The summed E-state index contributed by atoms with van der Waals surface area (Å²) in [5.41, 5.74) is 5.25. The third-order valence-corrected chi connectivity index (χ3v) is 0.260. The first-order chi connectivity index (χ1) is 2.77. The van der Waals surface area contributed by atoms with Crippen molar-refractivity contribution in [2.75, 3.05) is 0 Å². The Bertz CT molecular complexity index is 76.1. The molecule has 5 heteroatoms. The molecule has 0 saturated heterocycles. The molecule has 0 aromatic carbocycles. The average molecular weight is 142 g/mol. The third-order valence-electron chi connectivity index (χ3n) is 0.164. The number of amides is 1. The molecule has 0 saturated carbocycles. The minimum atomic E-state index is -0.870. The van der Waals surface area contributed by atoms with Gasteiger partial charge in [0, 0.05) is 0 Å². The fourth-order valence-corrected chi connectivity index (χ4v) is 0.142. The highest BCUT2D eigenvalue weighted by atomic mass is 35.5.